The number of aliphatic hydroxyl groups is 2. The van der Waals surface area contributed by atoms with Gasteiger partial charge < -0.3 is 19.7 Å². The molecule has 5 N–H and O–H groups in total. The van der Waals surface area contributed by atoms with Crippen molar-refractivity contribution in [3.8, 4) is 0 Å². The van der Waals surface area contributed by atoms with Crippen LogP contribution in [0.1, 0.15) is 5.56 Å². The normalized spacial score (nSPS) is 9.83. The van der Waals surface area contributed by atoms with Gasteiger partial charge in [-0.25, -0.2) is 0 Å². The summed E-state index contributed by atoms with van der Waals surface area (Å²) in [4.78, 5) is 1.93. The summed E-state index contributed by atoms with van der Waals surface area (Å²) in [7, 11) is -4.02. The number of rotatable bonds is 8. The molecule has 24 heavy (non-hydrogen) atoms. The Morgan fingerprint density at radius 3 is 1.62 bits per heavy atom. The monoisotopic (exact) mass is 366 g/mol. The quantitative estimate of drug-likeness (QED) is 0.191. The zero-order chi connectivity index (χ0) is 18.8. The first kappa shape index (κ1) is 24.5. The van der Waals surface area contributed by atoms with Crippen LogP contribution in [0.4, 0.5) is 0 Å². The lowest BCUT2D eigenvalue weighted by molar-refractivity contribution is 0.0222. The molecule has 0 spiro atoms. The van der Waals surface area contributed by atoms with E-state index in [9.17, 15) is 8.42 Å². The van der Waals surface area contributed by atoms with Crippen molar-refractivity contribution in [2.75, 3.05) is 39.6 Å². The molecule has 0 aliphatic rings. The van der Waals surface area contributed by atoms with Gasteiger partial charge >= 0.3 is 0 Å². The van der Waals surface area contributed by atoms with E-state index in [4.69, 9.17) is 35.3 Å². The highest BCUT2D eigenvalue weighted by Gasteiger charge is 2.06. The third-order valence-electron chi connectivity index (χ3n) is 2.16. The Bertz CT molecular complexity index is 535. The van der Waals surface area contributed by atoms with Crippen LogP contribution in [0.3, 0.4) is 0 Å². The van der Waals surface area contributed by atoms with E-state index in [1.165, 1.54) is 12.1 Å². The maximum atomic E-state index is 10.5. The molecule has 1 aromatic carbocycles. The largest absolute Gasteiger partial charge is 0.394 e. The van der Waals surface area contributed by atoms with E-state index in [2.05, 4.69) is 0 Å². The van der Waals surface area contributed by atoms with Crippen molar-refractivity contribution in [2.45, 2.75) is 11.8 Å². The Morgan fingerprint density at radius 1 is 0.958 bits per heavy atom. The Morgan fingerprint density at radius 2 is 1.33 bits per heavy atom. The van der Waals surface area contributed by atoms with Crippen molar-refractivity contribution in [3.05, 3.63) is 29.8 Å². The van der Waals surface area contributed by atoms with E-state index in [1.807, 2.05) is 11.8 Å². The van der Waals surface area contributed by atoms with Crippen LogP contribution in [0.2, 0.25) is 0 Å². The lowest BCUT2D eigenvalue weighted by Gasteiger charge is -2.01. The highest BCUT2D eigenvalue weighted by Crippen LogP contribution is 2.08. The van der Waals surface area contributed by atoms with Crippen LogP contribution in [0, 0.1) is 18.0 Å². The predicted molar refractivity (Wildman–Crippen MR) is 84.4 cm³/mol. The standard InChI is InChI=1S/C7H8O3S.C6H14O4.H2N3/c1-6-2-4-7(5-3-6)11(8,9)10;7-1-3-9-5-6-10-4-2-8;1-3-2/h2-5H,1H3,(H,8,9,10);7-8H,1-6H2;1-2H/q;;+1. The maximum Gasteiger partial charge on any atom is 0.294 e. The third kappa shape index (κ3) is 16.6. The first-order chi connectivity index (χ1) is 11.3. The van der Waals surface area contributed by atoms with Crippen LogP contribution in [0.15, 0.2) is 29.2 Å². The molecule has 1 aromatic rings. The molecule has 1 rings (SSSR count). The van der Waals surface area contributed by atoms with Gasteiger partial charge in [-0.3, -0.25) is 4.55 Å². The van der Waals surface area contributed by atoms with E-state index in [0.29, 0.717) is 26.4 Å². The topological polar surface area (TPSA) is 175 Å². The fourth-order valence-electron chi connectivity index (χ4n) is 1.16. The van der Waals surface area contributed by atoms with Gasteiger partial charge in [-0.1, -0.05) is 17.7 Å². The minimum Gasteiger partial charge on any atom is -0.394 e. The molecule has 11 heteroatoms. The molecule has 0 bridgehead atoms. The SMILES string of the molecule is Cc1ccc(S(=O)(=O)O)cc1.N=[N+]=N.OCCOCCOCCO. The van der Waals surface area contributed by atoms with Crippen molar-refractivity contribution in [1.29, 1.82) is 11.1 Å². The lowest BCUT2D eigenvalue weighted by Crippen LogP contribution is -2.09. The molecule has 0 unspecified atom stereocenters. The predicted octanol–water partition coefficient (Wildman–Crippen LogP) is 0.361. The number of hydrogen-bond acceptors (Lipinski definition) is 8. The second kappa shape index (κ2) is 16.1. The summed E-state index contributed by atoms with van der Waals surface area (Å²) in [6.07, 6.45) is 0. The molecule has 0 atom stereocenters. The molecule has 10 nitrogen and oxygen atoms in total. The van der Waals surface area contributed by atoms with E-state index < -0.39 is 10.1 Å². The van der Waals surface area contributed by atoms with Gasteiger partial charge in [-0.05, 0) is 19.1 Å². The van der Waals surface area contributed by atoms with Gasteiger partial charge in [0.25, 0.3) is 10.1 Å². The van der Waals surface area contributed by atoms with Crippen LogP contribution in [0.5, 0.6) is 0 Å². The van der Waals surface area contributed by atoms with Crippen LogP contribution >= 0.6 is 0 Å². The van der Waals surface area contributed by atoms with Crippen LogP contribution in [-0.4, -0.2) is 62.8 Å². The first-order valence-corrected chi connectivity index (χ1v) is 8.22. The number of ether oxygens (including phenoxy) is 2. The number of aliphatic hydroxyl groups excluding tert-OH is 2. The average Bonchev–Trinajstić information content (AvgIpc) is 2.52. The summed E-state index contributed by atoms with van der Waals surface area (Å²) in [5, 5.41) is 16.5. The summed E-state index contributed by atoms with van der Waals surface area (Å²) in [5.74, 6) is 0. The molecule has 0 amide bonds. The Labute approximate surface area is 140 Å². The second-order valence-corrected chi connectivity index (χ2v) is 5.49. The van der Waals surface area contributed by atoms with Gasteiger partial charge in [-0.2, -0.15) is 8.42 Å². The average molecular weight is 366 g/mol. The summed E-state index contributed by atoms with van der Waals surface area (Å²) >= 11 is 0. The molecular formula is C13H24N3O7S+. The minimum atomic E-state index is -4.02. The van der Waals surface area contributed by atoms with Crippen LogP contribution < -0.4 is 4.91 Å². The number of nitrogens with one attached hydrogen (secondary N) is 2. The Balaban J connectivity index is 0. The van der Waals surface area contributed by atoms with Crippen molar-refractivity contribution >= 4 is 10.1 Å². The molecule has 0 saturated carbocycles. The molecule has 0 saturated heterocycles. The van der Waals surface area contributed by atoms with Crippen molar-refractivity contribution in [3.63, 3.8) is 0 Å². The van der Waals surface area contributed by atoms with E-state index >= 15 is 0 Å². The van der Waals surface area contributed by atoms with Gasteiger partial charge in [0.15, 0.2) is 0 Å². The number of benzene rings is 1. The summed E-state index contributed by atoms with van der Waals surface area (Å²) < 4.78 is 39.3. The summed E-state index contributed by atoms with van der Waals surface area (Å²) in [5.41, 5.74) is 12.0. The number of nitrogens with zero attached hydrogens (tertiary/aromatic N) is 1. The van der Waals surface area contributed by atoms with Crippen LogP contribution in [-0.2, 0) is 19.6 Å². The molecule has 0 heterocycles. The highest BCUT2D eigenvalue weighted by atomic mass is 32.2. The third-order valence-corrected chi connectivity index (χ3v) is 3.03. The lowest BCUT2D eigenvalue weighted by atomic mass is 10.2. The fourth-order valence-corrected chi connectivity index (χ4v) is 1.64. The highest BCUT2D eigenvalue weighted by molar-refractivity contribution is 7.85. The Hall–Kier alpha value is -1.72. The number of aryl methyl sites for hydroxylation is 1. The zero-order valence-electron chi connectivity index (χ0n) is 13.4. The fraction of sp³-hybridized carbons (Fsp3) is 0.538. The van der Waals surface area contributed by atoms with Crippen molar-refractivity contribution in [1.82, 2.24) is 4.91 Å². The zero-order valence-corrected chi connectivity index (χ0v) is 14.2. The first-order valence-electron chi connectivity index (χ1n) is 6.78. The summed E-state index contributed by atoms with van der Waals surface area (Å²) in [6, 6.07) is 5.99. The molecule has 0 aromatic heterocycles. The minimum absolute atomic E-state index is 0.0417. The Kier molecular flexibility index (Phi) is 16.5. The number of hydrogen-bond donors (Lipinski definition) is 5. The van der Waals surface area contributed by atoms with Gasteiger partial charge in [-0.15, -0.1) is 0 Å². The molecule has 0 radical (unpaired) electrons. The maximum absolute atomic E-state index is 10.5. The van der Waals surface area contributed by atoms with Gasteiger partial charge in [0.1, 0.15) is 11.1 Å². The van der Waals surface area contributed by atoms with E-state index in [1.54, 1.807) is 12.1 Å². The van der Waals surface area contributed by atoms with Gasteiger partial charge in [0.05, 0.1) is 44.5 Å². The van der Waals surface area contributed by atoms with Crippen molar-refractivity contribution in [2.24, 2.45) is 0 Å². The molecular weight excluding hydrogens is 342 g/mol. The summed E-state index contributed by atoms with van der Waals surface area (Å²) in [6.45, 7) is 3.57. The smallest absolute Gasteiger partial charge is 0.294 e. The molecule has 0 aliphatic carbocycles. The van der Waals surface area contributed by atoms with Gasteiger partial charge in [0, 0.05) is 0 Å². The second-order valence-electron chi connectivity index (χ2n) is 4.07. The van der Waals surface area contributed by atoms with E-state index in [0.717, 1.165) is 5.56 Å². The van der Waals surface area contributed by atoms with E-state index in [-0.39, 0.29) is 18.1 Å². The molecule has 0 aliphatic heterocycles. The van der Waals surface area contributed by atoms with Crippen LogP contribution in [0.25, 0.3) is 0 Å². The van der Waals surface area contributed by atoms with Crippen molar-refractivity contribution < 1.29 is 32.7 Å². The van der Waals surface area contributed by atoms with Gasteiger partial charge in [0.2, 0.25) is 4.91 Å². The molecule has 138 valence electrons. The molecule has 0 fully saturated rings.